The molecule has 0 spiro atoms. The van der Waals surface area contributed by atoms with Crippen molar-refractivity contribution in [1.82, 2.24) is 15.6 Å². The van der Waals surface area contributed by atoms with Gasteiger partial charge in [-0.25, -0.2) is 9.98 Å². The van der Waals surface area contributed by atoms with Crippen molar-refractivity contribution < 1.29 is 9.47 Å². The molecule has 0 unspecified atom stereocenters. The molecule has 0 aliphatic rings. The van der Waals surface area contributed by atoms with Gasteiger partial charge in [0, 0.05) is 11.4 Å². The van der Waals surface area contributed by atoms with Crippen molar-refractivity contribution in [2.24, 2.45) is 4.99 Å². The molecule has 156 valence electrons. The van der Waals surface area contributed by atoms with E-state index in [1.807, 2.05) is 25.1 Å². The number of guanidine groups is 1. The maximum atomic E-state index is 5.70. The lowest BCUT2D eigenvalue weighted by Gasteiger charge is -2.12. The first-order valence-electron chi connectivity index (χ1n) is 9.32. The van der Waals surface area contributed by atoms with Gasteiger partial charge in [0.15, 0.2) is 17.5 Å². The summed E-state index contributed by atoms with van der Waals surface area (Å²) < 4.78 is 11.1. The van der Waals surface area contributed by atoms with Crippen LogP contribution < -0.4 is 20.1 Å². The average molecular weight is 518 g/mol. The molecule has 0 radical (unpaired) electrons. The number of benzene rings is 1. The van der Waals surface area contributed by atoms with Crippen molar-refractivity contribution in [3.63, 3.8) is 0 Å². The number of hydrogen-bond donors (Lipinski definition) is 2. The van der Waals surface area contributed by atoms with Crippen LogP contribution in [0.4, 0.5) is 0 Å². The third kappa shape index (κ3) is 7.46. The van der Waals surface area contributed by atoms with Crippen molar-refractivity contribution in [1.29, 1.82) is 0 Å². The summed E-state index contributed by atoms with van der Waals surface area (Å²) in [5.41, 5.74) is 2.16. The van der Waals surface area contributed by atoms with Gasteiger partial charge < -0.3 is 20.1 Å². The zero-order chi connectivity index (χ0) is 19.6. The minimum atomic E-state index is 0. The number of hydrogen-bond acceptors (Lipinski definition) is 5. The number of rotatable bonds is 9. The van der Waals surface area contributed by atoms with E-state index in [0.29, 0.717) is 19.7 Å². The van der Waals surface area contributed by atoms with Crippen LogP contribution >= 0.6 is 35.3 Å². The van der Waals surface area contributed by atoms with E-state index in [4.69, 9.17) is 9.47 Å². The maximum Gasteiger partial charge on any atom is 0.191 e. The molecule has 6 nitrogen and oxygen atoms in total. The van der Waals surface area contributed by atoms with Gasteiger partial charge in [0.1, 0.15) is 5.01 Å². The van der Waals surface area contributed by atoms with E-state index in [2.05, 4.69) is 41.4 Å². The first-order chi connectivity index (χ1) is 13.1. The summed E-state index contributed by atoms with van der Waals surface area (Å²) in [5.74, 6) is 2.28. The molecule has 0 fully saturated rings. The van der Waals surface area contributed by atoms with E-state index < -0.39 is 0 Å². The summed E-state index contributed by atoms with van der Waals surface area (Å²) >= 11 is 1.72. The van der Waals surface area contributed by atoms with Gasteiger partial charge in [-0.05, 0) is 44.9 Å². The summed E-state index contributed by atoms with van der Waals surface area (Å²) in [7, 11) is 1.66. The minimum Gasteiger partial charge on any atom is -0.493 e. The van der Waals surface area contributed by atoms with Crippen LogP contribution in [0.25, 0.3) is 0 Å². The van der Waals surface area contributed by atoms with Crippen molar-refractivity contribution in [2.75, 3.05) is 20.3 Å². The van der Waals surface area contributed by atoms with Crippen molar-refractivity contribution in [2.45, 2.75) is 47.2 Å². The Labute approximate surface area is 189 Å². The molecule has 2 N–H and O–H groups in total. The molecule has 0 saturated carbocycles. The molecule has 2 aromatic rings. The molecule has 2 rings (SSSR count). The summed E-state index contributed by atoms with van der Waals surface area (Å²) in [4.78, 5) is 10.5. The summed E-state index contributed by atoms with van der Waals surface area (Å²) in [6.07, 6.45) is 0.963. The fraction of sp³-hybridized carbons (Fsp3) is 0.500. The third-order valence-electron chi connectivity index (χ3n) is 3.93. The van der Waals surface area contributed by atoms with Crippen molar-refractivity contribution in [3.05, 3.63) is 39.3 Å². The third-order valence-corrected chi connectivity index (χ3v) is 5.01. The molecule has 0 saturated heterocycles. The molecule has 0 aliphatic heterocycles. The Balaban J connectivity index is 0.00000392. The maximum absolute atomic E-state index is 5.70. The molecular formula is C20H31IN4O2S. The fourth-order valence-electron chi connectivity index (χ4n) is 2.43. The second kappa shape index (κ2) is 12.8. The number of aliphatic imine (C=N–C) groups is 1. The van der Waals surface area contributed by atoms with Gasteiger partial charge in [0.05, 0.1) is 32.5 Å². The Bertz CT molecular complexity index is 745. The number of halogens is 1. The number of thiazole rings is 1. The fourth-order valence-corrected chi connectivity index (χ4v) is 3.30. The lowest BCUT2D eigenvalue weighted by Crippen LogP contribution is -2.36. The minimum absolute atomic E-state index is 0. The first kappa shape index (κ1) is 24.5. The smallest absolute Gasteiger partial charge is 0.191 e. The highest BCUT2D eigenvalue weighted by Gasteiger charge is 2.07. The topological polar surface area (TPSA) is 67.8 Å². The molecule has 1 heterocycles. The van der Waals surface area contributed by atoms with Crippen LogP contribution in [-0.2, 0) is 13.1 Å². The van der Waals surface area contributed by atoms with Crippen molar-refractivity contribution in [3.8, 4) is 11.5 Å². The van der Waals surface area contributed by atoms with E-state index >= 15 is 0 Å². The van der Waals surface area contributed by atoms with Crippen LogP contribution in [0.3, 0.4) is 0 Å². The highest BCUT2D eigenvalue weighted by atomic mass is 127. The standard InChI is InChI=1S/C20H30N4O2S.HI/c1-6-10-26-17-9-8-16(11-18(17)25-5)12-22-20(21-7-2)23-13-19-24-14(3)15(4)27-19;/h8-9,11H,6-7,10,12-13H2,1-5H3,(H2,21,22,23);1H. The van der Waals surface area contributed by atoms with Gasteiger partial charge in [0.25, 0.3) is 0 Å². The predicted molar refractivity (Wildman–Crippen MR) is 127 cm³/mol. The lowest BCUT2D eigenvalue weighted by atomic mass is 10.2. The van der Waals surface area contributed by atoms with Gasteiger partial charge >= 0.3 is 0 Å². The van der Waals surface area contributed by atoms with Gasteiger partial charge in [0.2, 0.25) is 0 Å². The lowest BCUT2D eigenvalue weighted by molar-refractivity contribution is 0.294. The van der Waals surface area contributed by atoms with Gasteiger partial charge in [-0.1, -0.05) is 13.0 Å². The second-order valence-electron chi connectivity index (χ2n) is 6.13. The van der Waals surface area contributed by atoms with E-state index in [1.165, 1.54) is 4.88 Å². The Morgan fingerprint density at radius 3 is 2.57 bits per heavy atom. The largest absolute Gasteiger partial charge is 0.493 e. The molecule has 8 heteroatoms. The number of aromatic nitrogens is 1. The molecular weight excluding hydrogens is 487 g/mol. The average Bonchev–Trinajstić information content (AvgIpc) is 3.00. The Morgan fingerprint density at radius 1 is 1.18 bits per heavy atom. The van der Waals surface area contributed by atoms with E-state index in [9.17, 15) is 0 Å². The molecule has 1 aromatic carbocycles. The molecule has 1 aromatic heterocycles. The highest BCUT2D eigenvalue weighted by molar-refractivity contribution is 14.0. The van der Waals surface area contributed by atoms with E-state index in [-0.39, 0.29) is 24.0 Å². The summed E-state index contributed by atoms with van der Waals surface area (Å²) in [6.45, 7) is 11.0. The Morgan fingerprint density at radius 2 is 1.96 bits per heavy atom. The van der Waals surface area contributed by atoms with E-state index in [1.54, 1.807) is 18.4 Å². The quantitative estimate of drug-likeness (QED) is 0.292. The molecule has 0 bridgehead atoms. The zero-order valence-corrected chi connectivity index (χ0v) is 20.4. The van der Waals surface area contributed by atoms with Crippen LogP contribution in [0.1, 0.15) is 41.4 Å². The van der Waals surface area contributed by atoms with Gasteiger partial charge in [-0.3, -0.25) is 0 Å². The van der Waals surface area contributed by atoms with Crippen LogP contribution in [-0.4, -0.2) is 31.2 Å². The summed E-state index contributed by atoms with van der Waals surface area (Å²) in [5, 5.41) is 7.68. The van der Waals surface area contributed by atoms with Gasteiger partial charge in [-0.15, -0.1) is 35.3 Å². The van der Waals surface area contributed by atoms with E-state index in [0.717, 1.165) is 46.7 Å². The van der Waals surface area contributed by atoms with Crippen LogP contribution in [0, 0.1) is 13.8 Å². The molecule has 0 aliphatic carbocycles. The Hall–Kier alpha value is -1.55. The first-order valence-corrected chi connectivity index (χ1v) is 10.1. The van der Waals surface area contributed by atoms with Crippen LogP contribution in [0.2, 0.25) is 0 Å². The molecule has 0 atom stereocenters. The SMILES string of the molecule is CCCOc1ccc(CN=C(NCC)NCc2nc(C)c(C)s2)cc1OC.I. The number of ether oxygens (including phenoxy) is 2. The number of nitrogens with one attached hydrogen (secondary N) is 2. The van der Waals surface area contributed by atoms with Crippen molar-refractivity contribution >= 4 is 41.3 Å². The van der Waals surface area contributed by atoms with Crippen LogP contribution in [0.5, 0.6) is 11.5 Å². The Kier molecular flexibility index (Phi) is 11.2. The monoisotopic (exact) mass is 518 g/mol. The normalized spacial score (nSPS) is 11.0. The van der Waals surface area contributed by atoms with Crippen LogP contribution in [0.15, 0.2) is 23.2 Å². The molecule has 0 amide bonds. The number of nitrogens with zero attached hydrogens (tertiary/aromatic N) is 2. The zero-order valence-electron chi connectivity index (χ0n) is 17.3. The van der Waals surface area contributed by atoms with Gasteiger partial charge in [-0.2, -0.15) is 0 Å². The second-order valence-corrected chi connectivity index (χ2v) is 7.42. The number of aryl methyl sites for hydroxylation is 2. The summed E-state index contributed by atoms with van der Waals surface area (Å²) in [6, 6.07) is 5.94. The highest BCUT2D eigenvalue weighted by Crippen LogP contribution is 2.28. The molecule has 28 heavy (non-hydrogen) atoms. The predicted octanol–water partition coefficient (Wildman–Crippen LogP) is 4.43. The number of methoxy groups -OCH3 is 1.